The van der Waals surface area contributed by atoms with Crippen molar-refractivity contribution in [3.05, 3.63) is 24.3 Å². The van der Waals surface area contributed by atoms with E-state index in [1.165, 1.54) is 238 Å². The smallest absolute Gasteiger partial charge is 0.305 e. The number of aliphatic hydroxyl groups excluding tert-OH is 2. The molecule has 2 atom stereocenters. The van der Waals surface area contributed by atoms with Gasteiger partial charge in [-0.1, -0.05) is 269 Å². The molecular formula is C59H113NO5. The van der Waals surface area contributed by atoms with Crippen LogP contribution < -0.4 is 5.32 Å². The Morgan fingerprint density at radius 1 is 0.415 bits per heavy atom. The molecule has 1 amide bonds. The van der Waals surface area contributed by atoms with E-state index in [-0.39, 0.29) is 18.5 Å². The normalized spacial score (nSPS) is 12.7. The van der Waals surface area contributed by atoms with Gasteiger partial charge in [-0.3, -0.25) is 9.59 Å². The summed E-state index contributed by atoms with van der Waals surface area (Å²) in [6.07, 6.45) is 66.2. The highest BCUT2D eigenvalue weighted by molar-refractivity contribution is 5.76. The van der Waals surface area contributed by atoms with Crippen LogP contribution in [0.4, 0.5) is 0 Å². The Balaban J connectivity index is 3.46. The van der Waals surface area contributed by atoms with Crippen molar-refractivity contribution in [3.63, 3.8) is 0 Å². The second-order valence-electron chi connectivity index (χ2n) is 20.0. The second-order valence-corrected chi connectivity index (χ2v) is 20.0. The molecule has 0 aliphatic rings. The van der Waals surface area contributed by atoms with Crippen LogP contribution in [0.2, 0.25) is 0 Å². The molecule has 3 N–H and O–H groups in total. The Morgan fingerprint density at radius 3 is 1.09 bits per heavy atom. The SMILES string of the molecule is CCCCCCCC/C=C\CCCCCCCC(=O)OCCCCCCCCCCCCCCCCCC(=O)NC(CO)C(O)/C=C/CCCCCCCCCCCCCCCCCC. The van der Waals surface area contributed by atoms with E-state index in [4.69, 9.17) is 4.74 Å². The molecule has 65 heavy (non-hydrogen) atoms. The molecule has 0 aliphatic heterocycles. The number of carbonyl (C=O) groups excluding carboxylic acids is 2. The summed E-state index contributed by atoms with van der Waals surface area (Å²) in [4.78, 5) is 24.5. The standard InChI is InChI=1S/C59H113NO5/c1-3-5-7-9-11-13-15-17-19-20-21-24-27-31-35-39-43-47-51-57(62)56(55-61)60-58(63)52-48-44-40-36-32-28-25-22-26-30-34-38-42-46-50-54-65-59(64)53-49-45-41-37-33-29-23-18-16-14-12-10-8-6-4-2/h18,23,47,51,56-57,61-62H,3-17,19-22,24-46,48-50,52-55H2,1-2H3,(H,60,63)/b23-18-,51-47+. The van der Waals surface area contributed by atoms with Crippen molar-refractivity contribution in [1.82, 2.24) is 5.32 Å². The van der Waals surface area contributed by atoms with Crippen LogP contribution in [0.25, 0.3) is 0 Å². The Labute approximate surface area is 405 Å². The van der Waals surface area contributed by atoms with Crippen molar-refractivity contribution in [2.45, 2.75) is 328 Å². The highest BCUT2D eigenvalue weighted by atomic mass is 16.5. The first-order chi connectivity index (χ1) is 32.0. The molecule has 6 nitrogen and oxygen atoms in total. The second kappa shape index (κ2) is 54.9. The van der Waals surface area contributed by atoms with Gasteiger partial charge in [-0.2, -0.15) is 0 Å². The first-order valence-corrected chi connectivity index (χ1v) is 29.1. The van der Waals surface area contributed by atoms with Gasteiger partial charge in [-0.15, -0.1) is 0 Å². The summed E-state index contributed by atoms with van der Waals surface area (Å²) >= 11 is 0. The van der Waals surface area contributed by atoms with Crippen LogP contribution in [-0.2, 0) is 14.3 Å². The van der Waals surface area contributed by atoms with Crippen molar-refractivity contribution in [2.75, 3.05) is 13.2 Å². The number of esters is 1. The van der Waals surface area contributed by atoms with Crippen LogP contribution in [0.1, 0.15) is 316 Å². The Hall–Kier alpha value is -1.66. The number of ether oxygens (including phenoxy) is 1. The van der Waals surface area contributed by atoms with Crippen molar-refractivity contribution >= 4 is 11.9 Å². The van der Waals surface area contributed by atoms with Gasteiger partial charge >= 0.3 is 5.97 Å². The van der Waals surface area contributed by atoms with Gasteiger partial charge < -0.3 is 20.3 Å². The topological polar surface area (TPSA) is 95.9 Å². The zero-order valence-electron chi connectivity index (χ0n) is 43.7. The van der Waals surface area contributed by atoms with Gasteiger partial charge in [-0.25, -0.2) is 0 Å². The van der Waals surface area contributed by atoms with E-state index < -0.39 is 12.1 Å². The fourth-order valence-corrected chi connectivity index (χ4v) is 8.98. The lowest BCUT2D eigenvalue weighted by molar-refractivity contribution is -0.143. The molecule has 0 saturated carbocycles. The van der Waals surface area contributed by atoms with Crippen molar-refractivity contribution in [3.8, 4) is 0 Å². The number of unbranched alkanes of at least 4 members (excludes halogenated alkanes) is 41. The summed E-state index contributed by atoms with van der Waals surface area (Å²) in [7, 11) is 0. The molecule has 0 radical (unpaired) electrons. The number of nitrogens with one attached hydrogen (secondary N) is 1. The van der Waals surface area contributed by atoms with E-state index >= 15 is 0 Å². The lowest BCUT2D eigenvalue weighted by atomic mass is 10.0. The Morgan fingerprint density at radius 2 is 0.723 bits per heavy atom. The van der Waals surface area contributed by atoms with E-state index in [1.54, 1.807) is 6.08 Å². The predicted molar refractivity (Wildman–Crippen MR) is 283 cm³/mol. The average Bonchev–Trinajstić information content (AvgIpc) is 3.31. The minimum absolute atomic E-state index is 0.00803. The first kappa shape index (κ1) is 63.3. The van der Waals surface area contributed by atoms with Gasteiger partial charge in [0, 0.05) is 12.8 Å². The summed E-state index contributed by atoms with van der Waals surface area (Å²) in [6, 6.07) is -0.635. The minimum atomic E-state index is -0.850. The molecule has 384 valence electrons. The fourth-order valence-electron chi connectivity index (χ4n) is 8.98. The molecule has 6 heteroatoms. The highest BCUT2D eigenvalue weighted by Gasteiger charge is 2.18. The van der Waals surface area contributed by atoms with Gasteiger partial charge in [0.1, 0.15) is 0 Å². The minimum Gasteiger partial charge on any atom is -0.466 e. The van der Waals surface area contributed by atoms with Gasteiger partial charge in [0.25, 0.3) is 0 Å². The zero-order chi connectivity index (χ0) is 47.2. The van der Waals surface area contributed by atoms with Crippen LogP contribution in [0.3, 0.4) is 0 Å². The first-order valence-electron chi connectivity index (χ1n) is 29.1. The van der Waals surface area contributed by atoms with Gasteiger partial charge in [0.05, 0.1) is 25.4 Å². The number of hydrogen-bond donors (Lipinski definition) is 3. The van der Waals surface area contributed by atoms with Crippen molar-refractivity contribution in [2.24, 2.45) is 0 Å². The van der Waals surface area contributed by atoms with E-state index in [0.717, 1.165) is 51.4 Å². The molecule has 0 heterocycles. The number of allylic oxidation sites excluding steroid dienone is 3. The quantitative estimate of drug-likeness (QED) is 0.0321. The third kappa shape index (κ3) is 51.6. The molecular weight excluding hydrogens is 803 g/mol. The van der Waals surface area contributed by atoms with Gasteiger partial charge in [0.2, 0.25) is 5.91 Å². The van der Waals surface area contributed by atoms with Crippen LogP contribution >= 0.6 is 0 Å². The summed E-state index contributed by atoms with van der Waals surface area (Å²) in [5.74, 6) is -0.0827. The molecule has 2 unspecified atom stereocenters. The molecule has 0 rings (SSSR count). The van der Waals surface area contributed by atoms with Gasteiger partial charge in [-0.05, 0) is 57.8 Å². The molecule has 0 spiro atoms. The van der Waals surface area contributed by atoms with Gasteiger partial charge in [0.15, 0.2) is 0 Å². The molecule has 0 fully saturated rings. The van der Waals surface area contributed by atoms with Crippen LogP contribution in [0.5, 0.6) is 0 Å². The summed E-state index contributed by atoms with van der Waals surface area (Å²) in [5, 5.41) is 23.1. The zero-order valence-corrected chi connectivity index (χ0v) is 43.7. The molecule has 0 aromatic rings. The van der Waals surface area contributed by atoms with Crippen LogP contribution in [-0.4, -0.2) is 47.4 Å². The number of carbonyl (C=O) groups is 2. The Bertz CT molecular complexity index is 1010. The van der Waals surface area contributed by atoms with E-state index in [1.807, 2.05) is 6.08 Å². The number of rotatable bonds is 54. The monoisotopic (exact) mass is 916 g/mol. The molecule has 0 aliphatic carbocycles. The Kier molecular flexibility index (Phi) is 53.5. The summed E-state index contributed by atoms with van der Waals surface area (Å²) in [5.41, 5.74) is 0. The number of amides is 1. The summed E-state index contributed by atoms with van der Waals surface area (Å²) in [6.45, 7) is 4.89. The van der Waals surface area contributed by atoms with Crippen molar-refractivity contribution in [1.29, 1.82) is 0 Å². The lowest BCUT2D eigenvalue weighted by Gasteiger charge is -2.20. The van der Waals surface area contributed by atoms with Crippen LogP contribution in [0.15, 0.2) is 24.3 Å². The van der Waals surface area contributed by atoms with Crippen molar-refractivity contribution < 1.29 is 24.5 Å². The summed E-state index contributed by atoms with van der Waals surface area (Å²) < 4.78 is 5.47. The largest absolute Gasteiger partial charge is 0.466 e. The maximum atomic E-state index is 12.5. The third-order valence-electron chi connectivity index (χ3n) is 13.5. The maximum absolute atomic E-state index is 12.5. The number of hydrogen-bond acceptors (Lipinski definition) is 5. The molecule has 0 aromatic carbocycles. The number of aliphatic hydroxyl groups is 2. The molecule has 0 aromatic heterocycles. The van der Waals surface area contributed by atoms with E-state index in [0.29, 0.717) is 19.4 Å². The average molecular weight is 917 g/mol. The molecule has 0 bridgehead atoms. The van der Waals surface area contributed by atoms with E-state index in [2.05, 4.69) is 31.3 Å². The molecule has 0 saturated heterocycles. The predicted octanol–water partition coefficient (Wildman–Crippen LogP) is 17.9. The van der Waals surface area contributed by atoms with Crippen LogP contribution in [0, 0.1) is 0 Å². The lowest BCUT2D eigenvalue weighted by Crippen LogP contribution is -2.45. The van der Waals surface area contributed by atoms with E-state index in [9.17, 15) is 19.8 Å². The third-order valence-corrected chi connectivity index (χ3v) is 13.5. The maximum Gasteiger partial charge on any atom is 0.305 e. The fraction of sp³-hybridized carbons (Fsp3) is 0.898. The highest BCUT2D eigenvalue weighted by Crippen LogP contribution is 2.17.